The average molecular weight is 347 g/mol. The molecule has 0 aliphatic heterocycles. The Labute approximate surface area is 145 Å². The predicted octanol–water partition coefficient (Wildman–Crippen LogP) is 1.64. The van der Waals surface area contributed by atoms with E-state index in [1.807, 2.05) is 25.5 Å². The van der Waals surface area contributed by atoms with Crippen molar-refractivity contribution in [1.82, 2.24) is 10.2 Å². The molecule has 0 aliphatic rings. The van der Waals surface area contributed by atoms with Gasteiger partial charge in [-0.1, -0.05) is 12.1 Å². The molecule has 2 aromatic rings. The zero-order chi connectivity index (χ0) is 17.5. The molecule has 0 saturated heterocycles. The Morgan fingerprint density at radius 1 is 1.29 bits per heavy atom. The third-order valence-electron chi connectivity index (χ3n) is 3.51. The summed E-state index contributed by atoms with van der Waals surface area (Å²) in [6, 6.07) is 8.90. The molecule has 24 heavy (non-hydrogen) atoms. The van der Waals surface area contributed by atoms with Crippen LogP contribution in [-0.2, 0) is 4.79 Å². The van der Waals surface area contributed by atoms with Crippen LogP contribution in [-0.4, -0.2) is 44.0 Å². The number of carbonyl (C=O) groups excluding carboxylic acids is 2. The first-order valence-corrected chi connectivity index (χ1v) is 8.40. The number of hydrogen-bond acceptors (Lipinski definition) is 5. The summed E-state index contributed by atoms with van der Waals surface area (Å²) in [5, 5.41) is 7.01. The first-order chi connectivity index (χ1) is 11.5. The standard InChI is InChI=1S/C17H21N3O3S/c1-20(2)14(12-7-8-24-11-12)9-19-17(22)13-5-3-4-6-15(13)23-10-16(18)21/h3-8,11,14H,9-10H2,1-2H3,(H2,18,21)(H,19,22). The van der Waals surface area contributed by atoms with Gasteiger partial charge in [-0.25, -0.2) is 0 Å². The van der Waals surface area contributed by atoms with E-state index in [2.05, 4.69) is 15.6 Å². The minimum Gasteiger partial charge on any atom is -0.483 e. The molecule has 2 rings (SSSR count). The summed E-state index contributed by atoms with van der Waals surface area (Å²) >= 11 is 1.62. The quantitative estimate of drug-likeness (QED) is 0.760. The van der Waals surface area contributed by atoms with Crippen LogP contribution in [0.15, 0.2) is 41.1 Å². The van der Waals surface area contributed by atoms with Crippen LogP contribution in [0.3, 0.4) is 0 Å². The number of thiophene rings is 1. The summed E-state index contributed by atoms with van der Waals surface area (Å²) in [5.74, 6) is -0.502. The number of nitrogens with one attached hydrogen (secondary N) is 1. The number of para-hydroxylation sites is 1. The summed E-state index contributed by atoms with van der Waals surface area (Å²) in [6.45, 7) is 0.201. The molecular formula is C17H21N3O3S. The first kappa shape index (κ1) is 18.0. The molecule has 6 nitrogen and oxygen atoms in total. The number of nitrogens with two attached hydrogens (primary N) is 1. The Bertz CT molecular complexity index is 686. The average Bonchev–Trinajstić information content (AvgIpc) is 3.07. The van der Waals surface area contributed by atoms with Gasteiger partial charge in [0.2, 0.25) is 0 Å². The number of likely N-dealkylation sites (N-methyl/N-ethyl adjacent to an activating group) is 1. The third-order valence-corrected chi connectivity index (χ3v) is 4.21. The zero-order valence-corrected chi connectivity index (χ0v) is 14.5. The molecule has 0 spiro atoms. The van der Waals surface area contributed by atoms with Crippen molar-refractivity contribution < 1.29 is 14.3 Å². The second-order valence-corrected chi connectivity index (χ2v) is 6.28. The van der Waals surface area contributed by atoms with E-state index in [0.29, 0.717) is 17.9 Å². The van der Waals surface area contributed by atoms with Crippen molar-refractivity contribution in [1.29, 1.82) is 0 Å². The lowest BCUT2D eigenvalue weighted by atomic mass is 10.1. The number of rotatable bonds is 8. The SMILES string of the molecule is CN(C)C(CNC(=O)c1ccccc1OCC(N)=O)c1ccsc1. The van der Waals surface area contributed by atoms with Crippen LogP contribution < -0.4 is 15.8 Å². The maximum Gasteiger partial charge on any atom is 0.255 e. The predicted molar refractivity (Wildman–Crippen MR) is 94.2 cm³/mol. The van der Waals surface area contributed by atoms with E-state index in [4.69, 9.17) is 10.5 Å². The topological polar surface area (TPSA) is 84.7 Å². The minimum absolute atomic E-state index is 0.0823. The van der Waals surface area contributed by atoms with Gasteiger partial charge < -0.3 is 20.7 Å². The van der Waals surface area contributed by atoms with Gasteiger partial charge in [0.1, 0.15) is 5.75 Å². The van der Waals surface area contributed by atoms with Gasteiger partial charge in [-0.05, 0) is 48.6 Å². The smallest absolute Gasteiger partial charge is 0.255 e. The molecule has 0 radical (unpaired) electrons. The Morgan fingerprint density at radius 2 is 2.04 bits per heavy atom. The van der Waals surface area contributed by atoms with E-state index in [1.165, 1.54) is 0 Å². The van der Waals surface area contributed by atoms with Crippen LogP contribution >= 0.6 is 11.3 Å². The Balaban J connectivity index is 2.05. The van der Waals surface area contributed by atoms with Gasteiger partial charge in [0.15, 0.2) is 6.61 Å². The molecule has 1 aromatic heterocycles. The molecule has 7 heteroatoms. The molecule has 0 aliphatic carbocycles. The number of primary amides is 1. The minimum atomic E-state index is -0.588. The van der Waals surface area contributed by atoms with E-state index in [9.17, 15) is 9.59 Å². The first-order valence-electron chi connectivity index (χ1n) is 7.46. The molecule has 0 saturated carbocycles. The van der Waals surface area contributed by atoms with Crippen molar-refractivity contribution in [3.63, 3.8) is 0 Å². The zero-order valence-electron chi connectivity index (χ0n) is 13.7. The fourth-order valence-electron chi connectivity index (χ4n) is 2.28. The third kappa shape index (κ3) is 4.81. The molecule has 3 N–H and O–H groups in total. The van der Waals surface area contributed by atoms with E-state index < -0.39 is 5.91 Å². The molecule has 0 fully saturated rings. The normalized spacial score (nSPS) is 12.0. The van der Waals surface area contributed by atoms with Crippen LogP contribution in [0, 0.1) is 0 Å². The highest BCUT2D eigenvalue weighted by Gasteiger charge is 2.18. The van der Waals surface area contributed by atoms with Crippen LogP contribution in [0.25, 0.3) is 0 Å². The van der Waals surface area contributed by atoms with Crippen molar-refractivity contribution in [2.75, 3.05) is 27.2 Å². The lowest BCUT2D eigenvalue weighted by molar-refractivity contribution is -0.119. The number of benzene rings is 1. The Hall–Kier alpha value is -2.38. The van der Waals surface area contributed by atoms with Crippen molar-refractivity contribution in [3.8, 4) is 5.75 Å². The van der Waals surface area contributed by atoms with Gasteiger partial charge in [-0.3, -0.25) is 9.59 Å². The number of nitrogens with zero attached hydrogens (tertiary/aromatic N) is 1. The Morgan fingerprint density at radius 3 is 2.67 bits per heavy atom. The van der Waals surface area contributed by atoms with Crippen molar-refractivity contribution in [3.05, 3.63) is 52.2 Å². The van der Waals surface area contributed by atoms with Gasteiger partial charge >= 0.3 is 0 Å². The second-order valence-electron chi connectivity index (χ2n) is 5.50. The Kier molecular flexibility index (Phi) is 6.34. The van der Waals surface area contributed by atoms with E-state index >= 15 is 0 Å². The number of ether oxygens (including phenoxy) is 1. The molecule has 1 heterocycles. The van der Waals surface area contributed by atoms with E-state index in [1.54, 1.807) is 35.6 Å². The highest BCUT2D eigenvalue weighted by Crippen LogP contribution is 2.21. The van der Waals surface area contributed by atoms with Gasteiger partial charge in [-0.15, -0.1) is 0 Å². The van der Waals surface area contributed by atoms with Crippen LogP contribution in [0.1, 0.15) is 22.0 Å². The number of hydrogen-bond donors (Lipinski definition) is 2. The van der Waals surface area contributed by atoms with Gasteiger partial charge in [0.05, 0.1) is 11.6 Å². The largest absolute Gasteiger partial charge is 0.483 e. The van der Waals surface area contributed by atoms with E-state index in [0.717, 1.165) is 5.56 Å². The van der Waals surface area contributed by atoms with Crippen LogP contribution in [0.2, 0.25) is 0 Å². The van der Waals surface area contributed by atoms with Crippen molar-refractivity contribution >= 4 is 23.2 Å². The highest BCUT2D eigenvalue weighted by molar-refractivity contribution is 7.07. The van der Waals surface area contributed by atoms with Crippen LogP contribution in [0.5, 0.6) is 5.75 Å². The molecule has 128 valence electrons. The molecule has 1 atom stereocenters. The van der Waals surface area contributed by atoms with Crippen molar-refractivity contribution in [2.24, 2.45) is 5.73 Å². The summed E-state index contributed by atoms with van der Waals surface area (Å²) in [4.78, 5) is 25.4. The lowest BCUT2D eigenvalue weighted by Gasteiger charge is -2.24. The fourth-order valence-corrected chi connectivity index (χ4v) is 2.98. The summed E-state index contributed by atoms with van der Waals surface area (Å²) in [6.07, 6.45) is 0. The molecule has 2 amide bonds. The van der Waals surface area contributed by atoms with Gasteiger partial charge in [-0.2, -0.15) is 11.3 Å². The second kappa shape index (κ2) is 8.47. The van der Waals surface area contributed by atoms with E-state index in [-0.39, 0.29) is 18.6 Å². The van der Waals surface area contributed by atoms with Gasteiger partial charge in [0.25, 0.3) is 11.8 Å². The van der Waals surface area contributed by atoms with Crippen molar-refractivity contribution in [2.45, 2.75) is 6.04 Å². The van der Waals surface area contributed by atoms with Crippen LogP contribution in [0.4, 0.5) is 0 Å². The number of amides is 2. The summed E-state index contributed by atoms with van der Waals surface area (Å²) < 4.78 is 5.30. The summed E-state index contributed by atoms with van der Waals surface area (Å²) in [5.41, 5.74) is 6.62. The highest BCUT2D eigenvalue weighted by atomic mass is 32.1. The monoisotopic (exact) mass is 347 g/mol. The molecule has 1 aromatic carbocycles. The molecule has 0 bridgehead atoms. The fraction of sp³-hybridized carbons (Fsp3) is 0.294. The van der Waals surface area contributed by atoms with Gasteiger partial charge in [0, 0.05) is 6.54 Å². The maximum atomic E-state index is 12.5. The maximum absolute atomic E-state index is 12.5. The number of carbonyl (C=O) groups is 2. The molecule has 1 unspecified atom stereocenters. The molecular weight excluding hydrogens is 326 g/mol. The summed E-state index contributed by atoms with van der Waals surface area (Å²) in [7, 11) is 3.94. The lowest BCUT2D eigenvalue weighted by Crippen LogP contribution is -2.34.